The van der Waals surface area contributed by atoms with E-state index in [1.807, 2.05) is 13.8 Å². The van der Waals surface area contributed by atoms with Gasteiger partial charge in [-0.15, -0.1) is 11.3 Å². The van der Waals surface area contributed by atoms with E-state index in [0.29, 0.717) is 17.0 Å². The zero-order valence-corrected chi connectivity index (χ0v) is 13.8. The maximum Gasteiger partial charge on any atom is 0.285 e. The monoisotopic (exact) mass is 346 g/mol. The molecule has 0 bridgehead atoms. The van der Waals surface area contributed by atoms with E-state index in [2.05, 4.69) is 11.4 Å². The lowest BCUT2D eigenvalue weighted by molar-refractivity contribution is -0.385. The van der Waals surface area contributed by atoms with Crippen molar-refractivity contribution in [2.75, 3.05) is 5.32 Å². The Bertz CT molecular complexity index is 907. The summed E-state index contributed by atoms with van der Waals surface area (Å²) in [7, 11) is 0. The van der Waals surface area contributed by atoms with Crippen LogP contribution in [0.15, 0.2) is 23.1 Å². The van der Waals surface area contributed by atoms with Crippen LogP contribution in [0.1, 0.15) is 22.9 Å². The van der Waals surface area contributed by atoms with Crippen molar-refractivity contribution in [3.05, 3.63) is 54.8 Å². The fraction of sp³-hybridized carbons (Fsp3) is 0.267. The van der Waals surface area contributed by atoms with Gasteiger partial charge in [0.2, 0.25) is 5.91 Å². The van der Waals surface area contributed by atoms with Crippen LogP contribution in [0.3, 0.4) is 0 Å². The number of nitrogens with one attached hydrogen (secondary N) is 1. The molecule has 2 heterocycles. The summed E-state index contributed by atoms with van der Waals surface area (Å²) in [4.78, 5) is 34.9. The molecule has 8 nitrogen and oxygen atoms in total. The van der Waals surface area contributed by atoms with Crippen LogP contribution >= 0.6 is 11.3 Å². The smallest absolute Gasteiger partial charge is 0.285 e. The van der Waals surface area contributed by atoms with Crippen molar-refractivity contribution >= 4 is 27.9 Å². The normalized spacial score (nSPS) is 10.2. The molecule has 24 heavy (non-hydrogen) atoms. The molecule has 2 rings (SSSR count). The van der Waals surface area contributed by atoms with Crippen LogP contribution in [0.5, 0.6) is 0 Å². The number of thiophene rings is 1. The van der Waals surface area contributed by atoms with Gasteiger partial charge in [-0.25, -0.2) is 0 Å². The molecule has 124 valence electrons. The fourth-order valence-electron chi connectivity index (χ4n) is 2.28. The lowest BCUT2D eigenvalue weighted by Crippen LogP contribution is -2.26. The zero-order chi connectivity index (χ0) is 17.9. The number of amides is 1. The van der Waals surface area contributed by atoms with E-state index in [1.165, 1.54) is 11.3 Å². The number of nitriles is 1. The number of nitro groups is 1. The second-order valence-electron chi connectivity index (χ2n) is 4.97. The molecule has 0 unspecified atom stereocenters. The van der Waals surface area contributed by atoms with Crippen molar-refractivity contribution in [1.82, 2.24) is 4.57 Å². The molecule has 2 aromatic rings. The van der Waals surface area contributed by atoms with Crippen LogP contribution in [0, 0.1) is 28.4 Å². The van der Waals surface area contributed by atoms with Crippen molar-refractivity contribution in [3.63, 3.8) is 0 Å². The Balaban J connectivity index is 2.24. The van der Waals surface area contributed by atoms with Crippen molar-refractivity contribution in [2.24, 2.45) is 0 Å². The van der Waals surface area contributed by atoms with E-state index >= 15 is 0 Å². The molecule has 0 radical (unpaired) electrons. The number of aromatic nitrogens is 1. The molecule has 1 N–H and O–H groups in total. The first-order valence-electron chi connectivity index (χ1n) is 7.04. The van der Waals surface area contributed by atoms with E-state index in [0.717, 1.165) is 33.3 Å². The maximum absolute atomic E-state index is 12.1. The quantitative estimate of drug-likeness (QED) is 0.657. The number of hydrogen-bond acceptors (Lipinski definition) is 6. The van der Waals surface area contributed by atoms with Gasteiger partial charge in [0.25, 0.3) is 11.2 Å². The van der Waals surface area contributed by atoms with Gasteiger partial charge >= 0.3 is 0 Å². The molecule has 0 aliphatic carbocycles. The first kappa shape index (κ1) is 17.4. The van der Waals surface area contributed by atoms with E-state index in [9.17, 15) is 25.0 Å². The topological polar surface area (TPSA) is 118 Å². The van der Waals surface area contributed by atoms with Crippen LogP contribution < -0.4 is 10.9 Å². The number of pyridine rings is 1. The predicted molar refractivity (Wildman–Crippen MR) is 89.1 cm³/mol. The van der Waals surface area contributed by atoms with Gasteiger partial charge in [0.05, 0.1) is 16.7 Å². The lowest BCUT2D eigenvalue weighted by Gasteiger charge is -2.06. The van der Waals surface area contributed by atoms with E-state index in [1.54, 1.807) is 0 Å². The third-order valence-corrected chi connectivity index (χ3v) is 4.48. The Morgan fingerprint density at radius 2 is 2.21 bits per heavy atom. The standard InChI is InChI=1S/C15H14N4O4S/c1-3-11-9(2)24-15(12(11)6-16)17-13(20)8-18-7-10(19(22)23)4-5-14(18)21/h4-5,7H,3,8H2,1-2H3,(H,17,20). The summed E-state index contributed by atoms with van der Waals surface area (Å²) in [5, 5.41) is 23.1. The Kier molecular flexibility index (Phi) is 5.11. The average Bonchev–Trinajstić information content (AvgIpc) is 2.83. The van der Waals surface area contributed by atoms with E-state index in [4.69, 9.17) is 0 Å². The first-order valence-corrected chi connectivity index (χ1v) is 7.86. The van der Waals surface area contributed by atoms with Gasteiger partial charge < -0.3 is 5.32 Å². The number of carbonyl (C=O) groups excluding carboxylic acids is 1. The van der Waals surface area contributed by atoms with E-state index in [-0.39, 0.29) is 12.2 Å². The number of aryl methyl sites for hydroxylation is 1. The second kappa shape index (κ2) is 7.06. The molecule has 0 atom stereocenters. The SMILES string of the molecule is CCc1c(C)sc(NC(=O)Cn2cc([N+](=O)[O-])ccc2=O)c1C#N. The van der Waals surface area contributed by atoms with Crippen LogP contribution in [-0.2, 0) is 17.8 Å². The largest absolute Gasteiger partial charge is 0.315 e. The molecule has 0 saturated heterocycles. The highest BCUT2D eigenvalue weighted by atomic mass is 32.1. The predicted octanol–water partition coefficient (Wildman–Crippen LogP) is 2.20. The van der Waals surface area contributed by atoms with Gasteiger partial charge in [-0.1, -0.05) is 6.92 Å². The highest BCUT2D eigenvalue weighted by molar-refractivity contribution is 7.16. The Labute approximate surface area is 141 Å². The summed E-state index contributed by atoms with van der Waals surface area (Å²) >= 11 is 1.29. The van der Waals surface area contributed by atoms with Crippen molar-refractivity contribution in [3.8, 4) is 6.07 Å². The maximum atomic E-state index is 12.1. The third kappa shape index (κ3) is 3.49. The van der Waals surface area contributed by atoms with Gasteiger partial charge in [-0.3, -0.25) is 24.3 Å². The lowest BCUT2D eigenvalue weighted by atomic mass is 10.1. The number of rotatable bonds is 5. The molecule has 0 aliphatic heterocycles. The summed E-state index contributed by atoms with van der Waals surface area (Å²) in [6.45, 7) is 3.42. The van der Waals surface area contributed by atoms with Crippen LogP contribution in [0.25, 0.3) is 0 Å². The summed E-state index contributed by atoms with van der Waals surface area (Å²) in [6.07, 6.45) is 1.69. The highest BCUT2D eigenvalue weighted by Crippen LogP contribution is 2.32. The van der Waals surface area contributed by atoms with Crippen LogP contribution in [0.4, 0.5) is 10.7 Å². The number of nitrogens with zero attached hydrogens (tertiary/aromatic N) is 3. The second-order valence-corrected chi connectivity index (χ2v) is 6.19. The molecule has 0 aromatic carbocycles. The molecule has 0 spiro atoms. The third-order valence-electron chi connectivity index (χ3n) is 3.42. The van der Waals surface area contributed by atoms with Gasteiger partial charge in [-0.2, -0.15) is 5.26 Å². The van der Waals surface area contributed by atoms with Gasteiger partial charge in [0, 0.05) is 17.0 Å². The fourth-order valence-corrected chi connectivity index (χ4v) is 3.39. The summed E-state index contributed by atoms with van der Waals surface area (Å²) in [5.41, 5.74) is 0.498. The van der Waals surface area contributed by atoms with Crippen molar-refractivity contribution < 1.29 is 9.72 Å². The van der Waals surface area contributed by atoms with Crippen molar-refractivity contribution in [1.29, 1.82) is 5.26 Å². The molecule has 2 aromatic heterocycles. The Hall–Kier alpha value is -2.99. The first-order chi connectivity index (χ1) is 11.4. The number of carbonyl (C=O) groups is 1. The van der Waals surface area contributed by atoms with E-state index < -0.39 is 16.4 Å². The molecule has 0 aliphatic rings. The summed E-state index contributed by atoms with van der Waals surface area (Å²) in [5.74, 6) is -0.530. The molecule has 0 saturated carbocycles. The van der Waals surface area contributed by atoms with Crippen LogP contribution in [0.2, 0.25) is 0 Å². The summed E-state index contributed by atoms with van der Waals surface area (Å²) < 4.78 is 0.959. The zero-order valence-electron chi connectivity index (χ0n) is 13.0. The average molecular weight is 346 g/mol. The van der Waals surface area contributed by atoms with Crippen molar-refractivity contribution in [2.45, 2.75) is 26.8 Å². The molecular formula is C15H14N4O4S. The van der Waals surface area contributed by atoms with Gasteiger partial charge in [0.1, 0.15) is 17.6 Å². The Morgan fingerprint density at radius 1 is 1.50 bits per heavy atom. The minimum atomic E-state index is -0.641. The van der Waals surface area contributed by atoms with Crippen LogP contribution in [-0.4, -0.2) is 15.4 Å². The van der Waals surface area contributed by atoms with Gasteiger partial charge in [-0.05, 0) is 18.9 Å². The molecule has 1 amide bonds. The van der Waals surface area contributed by atoms with Gasteiger partial charge in [0.15, 0.2) is 0 Å². The highest BCUT2D eigenvalue weighted by Gasteiger charge is 2.17. The summed E-state index contributed by atoms with van der Waals surface area (Å²) in [6, 6.07) is 4.20. The molecule has 0 fully saturated rings. The minimum Gasteiger partial charge on any atom is -0.315 e. The number of hydrogen-bond donors (Lipinski definition) is 1. The number of anilines is 1. The molecule has 9 heteroatoms. The molecular weight excluding hydrogens is 332 g/mol. The minimum absolute atomic E-state index is 0.277. The Morgan fingerprint density at radius 3 is 2.79 bits per heavy atom.